The summed E-state index contributed by atoms with van der Waals surface area (Å²) in [6.07, 6.45) is 10.5. The van der Waals surface area contributed by atoms with Gasteiger partial charge in [-0.15, -0.1) is 0 Å². The highest BCUT2D eigenvalue weighted by molar-refractivity contribution is 5.63. The molecule has 30 heavy (non-hydrogen) atoms. The predicted molar refractivity (Wildman–Crippen MR) is 116 cm³/mol. The molecule has 2 aliphatic carbocycles. The predicted octanol–water partition coefficient (Wildman–Crippen LogP) is 2.09. The van der Waals surface area contributed by atoms with Gasteiger partial charge in [0.25, 0.3) is 11.9 Å². The Morgan fingerprint density at radius 2 is 1.57 bits per heavy atom. The van der Waals surface area contributed by atoms with Crippen LogP contribution >= 0.6 is 0 Å². The van der Waals surface area contributed by atoms with Crippen LogP contribution in [0.15, 0.2) is 0 Å². The lowest BCUT2D eigenvalue weighted by atomic mass is 9.65. The number of nitrogen functional groups attached to an aromatic ring is 1. The van der Waals surface area contributed by atoms with Gasteiger partial charge in [-0.2, -0.15) is 4.98 Å². The molecule has 168 valence electrons. The van der Waals surface area contributed by atoms with Crippen molar-refractivity contribution >= 4 is 23.7 Å². The fourth-order valence-corrected chi connectivity index (χ4v) is 4.64. The van der Waals surface area contributed by atoms with Crippen molar-refractivity contribution in [1.82, 2.24) is 15.3 Å². The van der Waals surface area contributed by atoms with Crippen LogP contribution in [0.3, 0.4) is 0 Å². The normalized spacial score (nSPS) is 19.5. The number of hydrogen-bond donors (Lipinski definition) is 4. The highest BCUT2D eigenvalue weighted by Crippen LogP contribution is 2.47. The molecule has 1 aromatic rings. The quantitative estimate of drug-likeness (QED) is 0.536. The van der Waals surface area contributed by atoms with Crippen LogP contribution in [0.1, 0.15) is 63.6 Å². The number of nitrogens with zero attached hydrogens (tertiary/aromatic N) is 3. The third-order valence-electron chi connectivity index (χ3n) is 5.87. The number of carbonyl (C=O) groups is 2. The lowest BCUT2D eigenvalue weighted by Gasteiger charge is -2.42. The molecular formula is C21H35N5O4. The molecular weight excluding hydrogens is 386 g/mol. The summed E-state index contributed by atoms with van der Waals surface area (Å²) in [5, 5.41) is 18.2. The van der Waals surface area contributed by atoms with E-state index in [1.54, 1.807) is 0 Å². The average Bonchev–Trinajstić information content (AvgIpc) is 2.67. The number of anilines is 2. The Morgan fingerprint density at radius 3 is 2.13 bits per heavy atom. The van der Waals surface area contributed by atoms with Crippen LogP contribution in [0.5, 0.6) is 0 Å². The van der Waals surface area contributed by atoms with Crippen LogP contribution in [0.4, 0.5) is 11.8 Å². The minimum Gasteiger partial charge on any atom is -0.481 e. The maximum absolute atomic E-state index is 9.00. The third kappa shape index (κ3) is 7.12. The summed E-state index contributed by atoms with van der Waals surface area (Å²) in [6.45, 7) is 6.27. The second kappa shape index (κ2) is 11.1. The molecule has 1 aromatic heterocycles. The molecule has 1 saturated carbocycles. The van der Waals surface area contributed by atoms with E-state index in [-0.39, 0.29) is 0 Å². The number of nitrogens with one attached hydrogen (secondary N) is 1. The molecule has 0 amide bonds. The molecule has 0 radical (unpaired) electrons. The number of carboxylic acid groups (broad SMARTS) is 2. The van der Waals surface area contributed by atoms with E-state index in [1.165, 1.54) is 49.8 Å². The van der Waals surface area contributed by atoms with Gasteiger partial charge in [0.2, 0.25) is 5.95 Å². The van der Waals surface area contributed by atoms with E-state index in [0.29, 0.717) is 11.4 Å². The van der Waals surface area contributed by atoms with Gasteiger partial charge in [0.1, 0.15) is 5.82 Å². The van der Waals surface area contributed by atoms with E-state index in [2.05, 4.69) is 20.2 Å². The lowest BCUT2D eigenvalue weighted by molar-refractivity contribution is -0.135. The van der Waals surface area contributed by atoms with Crippen LogP contribution in [0.25, 0.3) is 0 Å². The molecule has 9 nitrogen and oxygen atoms in total. The minimum absolute atomic E-state index is 0.458. The van der Waals surface area contributed by atoms with E-state index >= 15 is 0 Å². The summed E-state index contributed by atoms with van der Waals surface area (Å²) in [5.74, 6) is -0.0881. The highest BCUT2D eigenvalue weighted by atomic mass is 16.4. The smallest absolute Gasteiger partial charge is 0.300 e. The first-order valence-electron chi connectivity index (χ1n) is 10.7. The van der Waals surface area contributed by atoms with Crippen molar-refractivity contribution in [3.63, 3.8) is 0 Å². The Morgan fingerprint density at radius 1 is 1.00 bits per heavy atom. The maximum Gasteiger partial charge on any atom is 0.300 e. The van der Waals surface area contributed by atoms with Gasteiger partial charge in [-0.25, -0.2) is 4.98 Å². The van der Waals surface area contributed by atoms with Gasteiger partial charge in [-0.1, -0.05) is 19.3 Å². The number of fused-ring (bicyclic) bond motifs is 1. The topological polar surface area (TPSA) is 142 Å². The van der Waals surface area contributed by atoms with Crippen LogP contribution in [-0.2, 0) is 22.4 Å². The van der Waals surface area contributed by atoms with Crippen molar-refractivity contribution in [2.75, 3.05) is 36.8 Å². The number of aromatic nitrogens is 2. The van der Waals surface area contributed by atoms with E-state index in [0.717, 1.165) is 58.7 Å². The van der Waals surface area contributed by atoms with Gasteiger partial charge >= 0.3 is 0 Å². The summed E-state index contributed by atoms with van der Waals surface area (Å²) in [7, 11) is 0. The zero-order valence-electron chi connectivity index (χ0n) is 18.1. The van der Waals surface area contributed by atoms with Crippen molar-refractivity contribution in [3.05, 3.63) is 11.3 Å². The first-order chi connectivity index (χ1) is 14.2. The molecule has 9 heteroatoms. The Balaban J connectivity index is 0.000000347. The van der Waals surface area contributed by atoms with E-state index < -0.39 is 11.9 Å². The fraction of sp³-hybridized carbons (Fsp3) is 0.714. The number of aliphatic carboxylic acids is 2. The molecule has 5 N–H and O–H groups in total. The van der Waals surface area contributed by atoms with Gasteiger partial charge in [0.15, 0.2) is 0 Å². The number of hydrogen-bond acceptors (Lipinski definition) is 7. The van der Waals surface area contributed by atoms with E-state index in [4.69, 9.17) is 25.5 Å². The zero-order chi connectivity index (χ0) is 22.1. The second-order valence-electron chi connectivity index (χ2n) is 8.34. The Hall–Kier alpha value is -2.42. The van der Waals surface area contributed by atoms with Gasteiger partial charge < -0.3 is 26.2 Å². The number of rotatable bonds is 1. The van der Waals surface area contributed by atoms with Gasteiger partial charge in [0, 0.05) is 45.6 Å². The van der Waals surface area contributed by atoms with Crippen molar-refractivity contribution < 1.29 is 19.8 Å². The lowest BCUT2D eigenvalue weighted by Crippen LogP contribution is -2.45. The standard InChI is InChI=1S/C17H27N5.2C2H4O2/c18-16-20-14-12-17(5-2-1-3-6-17)7-4-13(14)15(21-16)22-10-8-19-9-11-22;2*1-2(3)4/h19H,1-12H2,(H2,18,20,21);2*1H3,(H,3,4). The SMILES string of the molecule is CC(=O)O.CC(=O)O.Nc1nc2c(c(N3CCNCC3)n1)CCC1(CCCCC1)C2. The fourth-order valence-electron chi connectivity index (χ4n) is 4.64. The van der Waals surface area contributed by atoms with Crippen molar-refractivity contribution in [2.24, 2.45) is 5.41 Å². The number of nitrogens with two attached hydrogens (primary N) is 1. The molecule has 0 unspecified atom stereocenters. The Labute approximate surface area is 178 Å². The minimum atomic E-state index is -0.833. The molecule has 1 spiro atoms. The van der Waals surface area contributed by atoms with E-state index in [9.17, 15) is 0 Å². The molecule has 0 aromatic carbocycles. The number of carboxylic acids is 2. The maximum atomic E-state index is 9.00. The Kier molecular flexibility index (Phi) is 8.83. The molecule has 1 aliphatic heterocycles. The third-order valence-corrected chi connectivity index (χ3v) is 5.87. The highest BCUT2D eigenvalue weighted by Gasteiger charge is 2.38. The zero-order valence-corrected chi connectivity index (χ0v) is 18.1. The van der Waals surface area contributed by atoms with Crippen LogP contribution < -0.4 is 16.0 Å². The van der Waals surface area contributed by atoms with Crippen molar-refractivity contribution in [1.29, 1.82) is 0 Å². The summed E-state index contributed by atoms with van der Waals surface area (Å²) in [6, 6.07) is 0. The molecule has 2 heterocycles. The molecule has 4 rings (SSSR count). The molecule has 1 saturated heterocycles. The Bertz CT molecular complexity index is 708. The summed E-state index contributed by atoms with van der Waals surface area (Å²) >= 11 is 0. The van der Waals surface area contributed by atoms with Crippen LogP contribution in [-0.4, -0.2) is 58.3 Å². The first-order valence-corrected chi connectivity index (χ1v) is 10.7. The summed E-state index contributed by atoms with van der Waals surface area (Å²) in [4.78, 5) is 29.6. The summed E-state index contributed by atoms with van der Waals surface area (Å²) in [5.41, 5.74) is 9.18. The first kappa shape index (κ1) is 23.9. The van der Waals surface area contributed by atoms with Crippen LogP contribution in [0.2, 0.25) is 0 Å². The number of piperazine rings is 1. The molecule has 0 bridgehead atoms. The van der Waals surface area contributed by atoms with Crippen molar-refractivity contribution in [3.8, 4) is 0 Å². The molecule has 0 atom stereocenters. The molecule has 3 aliphatic rings. The van der Waals surface area contributed by atoms with Crippen molar-refractivity contribution in [2.45, 2.75) is 65.2 Å². The average molecular weight is 422 g/mol. The largest absolute Gasteiger partial charge is 0.481 e. The van der Waals surface area contributed by atoms with Gasteiger partial charge in [0.05, 0.1) is 5.69 Å². The van der Waals surface area contributed by atoms with E-state index in [1.807, 2.05) is 0 Å². The van der Waals surface area contributed by atoms with Gasteiger partial charge in [-0.05, 0) is 37.5 Å². The second-order valence-corrected chi connectivity index (χ2v) is 8.34. The van der Waals surface area contributed by atoms with Gasteiger partial charge in [-0.3, -0.25) is 9.59 Å². The summed E-state index contributed by atoms with van der Waals surface area (Å²) < 4.78 is 0. The molecule has 2 fully saturated rings. The monoisotopic (exact) mass is 421 g/mol. The van der Waals surface area contributed by atoms with Crippen LogP contribution in [0, 0.1) is 5.41 Å².